The van der Waals surface area contributed by atoms with E-state index in [1.54, 1.807) is 49.4 Å². The normalized spacial score (nSPS) is 15.2. The van der Waals surface area contributed by atoms with Crippen LogP contribution < -0.4 is 10.2 Å². The van der Waals surface area contributed by atoms with Crippen LogP contribution in [0.15, 0.2) is 41.8 Å². The lowest BCUT2D eigenvalue weighted by molar-refractivity contribution is -0.148. The smallest absolute Gasteiger partial charge is 0.306 e. The molecule has 1 N–H and O–H groups in total. The van der Waals surface area contributed by atoms with E-state index in [1.165, 1.54) is 4.90 Å². The van der Waals surface area contributed by atoms with Gasteiger partial charge in [0.25, 0.3) is 5.91 Å². The lowest BCUT2D eigenvalue weighted by Gasteiger charge is -2.41. The fourth-order valence-corrected chi connectivity index (χ4v) is 3.57. The van der Waals surface area contributed by atoms with Gasteiger partial charge in [-0.15, -0.1) is 11.3 Å². The van der Waals surface area contributed by atoms with Crippen molar-refractivity contribution in [2.75, 3.05) is 16.8 Å². The maximum atomic E-state index is 12.7. The maximum absolute atomic E-state index is 12.7. The Labute approximate surface area is 155 Å². The highest BCUT2D eigenvalue weighted by atomic mass is 32.1. The van der Waals surface area contributed by atoms with Crippen molar-refractivity contribution in [1.29, 1.82) is 0 Å². The van der Waals surface area contributed by atoms with Gasteiger partial charge in [-0.3, -0.25) is 19.3 Å². The van der Waals surface area contributed by atoms with E-state index in [4.69, 9.17) is 4.74 Å². The molecule has 1 aromatic carbocycles. The number of fused-ring (bicyclic) bond motifs is 1. The average Bonchev–Trinajstić information content (AvgIpc) is 3.12. The first-order chi connectivity index (χ1) is 12.4. The molecule has 2 amide bonds. The van der Waals surface area contributed by atoms with E-state index in [1.807, 2.05) is 17.5 Å². The van der Waals surface area contributed by atoms with Crippen LogP contribution in [0.25, 0.3) is 0 Å². The molecule has 26 heavy (non-hydrogen) atoms. The molecule has 1 aromatic heterocycles. The number of anilines is 2. The van der Waals surface area contributed by atoms with E-state index in [-0.39, 0.29) is 12.3 Å². The Bertz CT molecular complexity index is 830. The topological polar surface area (TPSA) is 75.7 Å². The number of benzene rings is 1. The largest absolute Gasteiger partial charge is 0.456 e. The van der Waals surface area contributed by atoms with Crippen molar-refractivity contribution in [2.45, 2.75) is 32.2 Å². The molecule has 1 aliphatic heterocycles. The molecule has 1 aliphatic rings. The second-order valence-corrected chi connectivity index (χ2v) is 7.53. The number of aryl methyl sites for hydroxylation is 1. The average molecular weight is 372 g/mol. The zero-order chi connectivity index (χ0) is 18.7. The van der Waals surface area contributed by atoms with Crippen LogP contribution in [0.3, 0.4) is 0 Å². The summed E-state index contributed by atoms with van der Waals surface area (Å²) in [5, 5.41) is 4.75. The predicted molar refractivity (Wildman–Crippen MR) is 100 cm³/mol. The van der Waals surface area contributed by atoms with E-state index in [0.717, 1.165) is 4.88 Å². The van der Waals surface area contributed by atoms with Gasteiger partial charge in [0.2, 0.25) is 5.91 Å². The number of ether oxygens (including phenoxy) is 1. The highest BCUT2D eigenvalue weighted by molar-refractivity contribution is 7.09. The Morgan fingerprint density at radius 3 is 2.69 bits per heavy atom. The molecule has 2 heterocycles. The first kappa shape index (κ1) is 18.1. The number of hydrogen-bond donors (Lipinski definition) is 1. The molecule has 2 aromatic rings. The quantitative estimate of drug-likeness (QED) is 0.819. The van der Waals surface area contributed by atoms with E-state index in [9.17, 15) is 14.4 Å². The third-order valence-corrected chi connectivity index (χ3v) is 5.21. The maximum Gasteiger partial charge on any atom is 0.306 e. The molecule has 0 unspecified atom stereocenters. The number of carbonyl (C=O) groups is 3. The fourth-order valence-electron chi connectivity index (χ4n) is 2.86. The molecule has 6 nitrogen and oxygen atoms in total. The minimum absolute atomic E-state index is 0.217. The summed E-state index contributed by atoms with van der Waals surface area (Å²) in [6, 6.07) is 10.9. The highest BCUT2D eigenvalue weighted by Crippen LogP contribution is 2.36. The van der Waals surface area contributed by atoms with Gasteiger partial charge < -0.3 is 10.1 Å². The van der Waals surface area contributed by atoms with E-state index in [2.05, 4.69) is 5.32 Å². The summed E-state index contributed by atoms with van der Waals surface area (Å²) in [5.41, 5.74) is 0.0837. The molecule has 0 saturated carbocycles. The lowest BCUT2D eigenvalue weighted by Crippen LogP contribution is -2.59. The van der Waals surface area contributed by atoms with E-state index >= 15 is 0 Å². The first-order valence-corrected chi connectivity index (χ1v) is 9.19. The highest BCUT2D eigenvalue weighted by Gasteiger charge is 2.43. The van der Waals surface area contributed by atoms with Gasteiger partial charge >= 0.3 is 5.97 Å². The number of hydrogen-bond acceptors (Lipinski definition) is 5. The molecule has 0 saturated heterocycles. The number of nitrogens with one attached hydrogen (secondary N) is 1. The van der Waals surface area contributed by atoms with Crippen molar-refractivity contribution >= 4 is 40.5 Å². The number of rotatable bonds is 5. The Morgan fingerprint density at radius 1 is 1.19 bits per heavy atom. The molecular weight excluding hydrogens is 352 g/mol. The van der Waals surface area contributed by atoms with Crippen molar-refractivity contribution in [3.05, 3.63) is 46.7 Å². The summed E-state index contributed by atoms with van der Waals surface area (Å²) < 4.78 is 5.14. The molecular formula is C19H20N2O4S. The second kappa shape index (κ2) is 7.29. The Kier molecular flexibility index (Phi) is 5.08. The minimum Gasteiger partial charge on any atom is -0.456 e. The van der Waals surface area contributed by atoms with E-state index < -0.39 is 24.0 Å². The van der Waals surface area contributed by atoms with Crippen molar-refractivity contribution in [3.63, 3.8) is 0 Å². The van der Waals surface area contributed by atoms with Gasteiger partial charge in [-0.1, -0.05) is 18.2 Å². The van der Waals surface area contributed by atoms with Crippen LogP contribution in [0, 0.1) is 0 Å². The Hall–Kier alpha value is -2.67. The number of amides is 2. The Balaban J connectivity index is 1.66. The molecule has 7 heteroatoms. The van der Waals surface area contributed by atoms with Crippen LogP contribution in [0.4, 0.5) is 11.4 Å². The minimum atomic E-state index is -1.07. The molecule has 0 aliphatic carbocycles. The molecule has 3 rings (SSSR count). The molecule has 0 radical (unpaired) electrons. The van der Waals surface area contributed by atoms with Crippen LogP contribution in [0.5, 0.6) is 0 Å². The molecule has 0 atom stereocenters. The molecule has 0 spiro atoms. The second-order valence-electron chi connectivity index (χ2n) is 6.50. The molecule has 136 valence electrons. The number of nitrogens with zero attached hydrogens (tertiary/aromatic N) is 1. The van der Waals surface area contributed by atoms with Crippen LogP contribution >= 0.6 is 11.3 Å². The van der Waals surface area contributed by atoms with Crippen molar-refractivity contribution in [2.24, 2.45) is 0 Å². The van der Waals surface area contributed by atoms with Crippen LogP contribution in [-0.4, -0.2) is 29.9 Å². The van der Waals surface area contributed by atoms with Crippen molar-refractivity contribution in [3.8, 4) is 0 Å². The van der Waals surface area contributed by atoms with Gasteiger partial charge in [0.15, 0.2) is 6.61 Å². The lowest BCUT2D eigenvalue weighted by atomic mass is 9.96. The molecule has 0 bridgehead atoms. The van der Waals surface area contributed by atoms with Gasteiger partial charge in [0.05, 0.1) is 17.8 Å². The van der Waals surface area contributed by atoms with Gasteiger partial charge in [-0.25, -0.2) is 0 Å². The SMILES string of the molecule is CC1(C)C(=O)Nc2ccccc2N1C(=O)COC(=O)CCc1cccs1. The van der Waals surface area contributed by atoms with E-state index in [0.29, 0.717) is 17.8 Å². The summed E-state index contributed by atoms with van der Waals surface area (Å²) in [5.74, 6) is -1.14. The fraction of sp³-hybridized carbons (Fsp3) is 0.316. The summed E-state index contributed by atoms with van der Waals surface area (Å²) in [6.45, 7) is 2.93. The molecule has 0 fully saturated rings. The van der Waals surface area contributed by atoms with Crippen molar-refractivity contribution < 1.29 is 19.1 Å². The predicted octanol–water partition coefficient (Wildman–Crippen LogP) is 2.99. The summed E-state index contributed by atoms with van der Waals surface area (Å²) >= 11 is 1.58. The zero-order valence-electron chi connectivity index (χ0n) is 14.7. The third kappa shape index (κ3) is 3.62. The third-order valence-electron chi connectivity index (χ3n) is 4.27. The number of para-hydroxylation sites is 2. The van der Waals surface area contributed by atoms with Gasteiger partial charge in [0.1, 0.15) is 5.54 Å². The summed E-state index contributed by atoms with van der Waals surface area (Å²) in [6.07, 6.45) is 0.805. The Morgan fingerprint density at radius 2 is 1.96 bits per heavy atom. The zero-order valence-corrected chi connectivity index (χ0v) is 15.5. The van der Waals surface area contributed by atoms with Crippen LogP contribution in [0.2, 0.25) is 0 Å². The van der Waals surface area contributed by atoms with Crippen LogP contribution in [0.1, 0.15) is 25.1 Å². The summed E-state index contributed by atoms with van der Waals surface area (Å²) in [7, 11) is 0. The van der Waals surface area contributed by atoms with Gasteiger partial charge in [-0.05, 0) is 43.8 Å². The first-order valence-electron chi connectivity index (χ1n) is 8.31. The van der Waals surface area contributed by atoms with Crippen molar-refractivity contribution in [1.82, 2.24) is 0 Å². The number of thiophene rings is 1. The van der Waals surface area contributed by atoms with Gasteiger partial charge in [0, 0.05) is 4.88 Å². The monoisotopic (exact) mass is 372 g/mol. The number of carbonyl (C=O) groups excluding carboxylic acids is 3. The standard InChI is InChI=1S/C19H20N2O4S/c1-19(2)18(24)20-14-7-3-4-8-15(14)21(19)16(22)12-25-17(23)10-9-13-6-5-11-26-13/h3-8,11H,9-10,12H2,1-2H3,(H,20,24). The van der Waals surface area contributed by atoms with Crippen LogP contribution in [-0.2, 0) is 25.5 Å². The van der Waals surface area contributed by atoms with Gasteiger partial charge in [-0.2, -0.15) is 0 Å². The summed E-state index contributed by atoms with van der Waals surface area (Å²) in [4.78, 5) is 39.5. The number of esters is 1.